The van der Waals surface area contributed by atoms with Gasteiger partial charge in [-0.2, -0.15) is 0 Å². The molecule has 7 nitrogen and oxygen atoms in total. The quantitative estimate of drug-likeness (QED) is 0.616. The number of aromatic nitrogens is 2. The minimum Gasteiger partial charge on any atom is -0.296 e. The third-order valence-corrected chi connectivity index (χ3v) is 7.00. The third-order valence-electron chi connectivity index (χ3n) is 4.62. The van der Waals surface area contributed by atoms with Crippen molar-refractivity contribution in [2.75, 3.05) is 10.0 Å². The largest absolute Gasteiger partial charge is 0.296 e. The molecule has 1 saturated carbocycles. The summed E-state index contributed by atoms with van der Waals surface area (Å²) in [6.07, 6.45) is 2.21. The van der Waals surface area contributed by atoms with Gasteiger partial charge in [0, 0.05) is 17.2 Å². The van der Waals surface area contributed by atoms with E-state index in [1.807, 2.05) is 13.0 Å². The van der Waals surface area contributed by atoms with Crippen LogP contribution in [0.3, 0.4) is 0 Å². The third kappa shape index (κ3) is 4.46. The normalized spacial score (nSPS) is 13.9. The molecule has 1 fully saturated rings. The molecule has 2 aromatic carbocycles. The standard InChI is InChI=1S/C20H20N4O3S2/c1-12-4-3-5-15(10-12)24-29(26,27)16-9-6-13(2)17(11-16)18(25)21-20-23-22-19(28-20)14-7-8-14/h3-6,9-11,14,24H,7-8H2,1-2H3,(H,21,23,25). The Morgan fingerprint density at radius 2 is 1.90 bits per heavy atom. The van der Waals surface area contributed by atoms with E-state index in [4.69, 9.17) is 0 Å². The SMILES string of the molecule is Cc1cccc(NS(=O)(=O)c2ccc(C)c(C(=O)Nc3nnc(C4CC4)s3)c2)c1. The van der Waals surface area contributed by atoms with Gasteiger partial charge in [-0.05, 0) is 62.1 Å². The molecule has 2 N–H and O–H groups in total. The van der Waals surface area contributed by atoms with Crippen LogP contribution in [0.4, 0.5) is 10.8 Å². The number of benzene rings is 2. The Kier molecular flexibility index (Phi) is 5.10. The Morgan fingerprint density at radius 3 is 2.62 bits per heavy atom. The first kappa shape index (κ1) is 19.5. The number of sulfonamides is 1. The number of hydrogen-bond donors (Lipinski definition) is 2. The molecule has 1 aromatic heterocycles. The predicted octanol–water partition coefficient (Wildman–Crippen LogP) is 4.09. The van der Waals surface area contributed by atoms with Crippen LogP contribution in [0.15, 0.2) is 47.4 Å². The Morgan fingerprint density at radius 1 is 1.10 bits per heavy atom. The number of anilines is 2. The zero-order valence-corrected chi connectivity index (χ0v) is 17.6. The average Bonchev–Trinajstić information content (AvgIpc) is 3.41. The van der Waals surface area contributed by atoms with Gasteiger partial charge in [0.15, 0.2) is 0 Å². The van der Waals surface area contributed by atoms with E-state index in [2.05, 4.69) is 20.2 Å². The van der Waals surface area contributed by atoms with Gasteiger partial charge in [-0.25, -0.2) is 8.42 Å². The van der Waals surface area contributed by atoms with Crippen molar-refractivity contribution in [3.63, 3.8) is 0 Å². The molecule has 1 amide bonds. The van der Waals surface area contributed by atoms with Crippen molar-refractivity contribution in [3.05, 3.63) is 64.2 Å². The molecule has 4 rings (SSSR count). The molecule has 9 heteroatoms. The number of rotatable bonds is 6. The average molecular weight is 429 g/mol. The smallest absolute Gasteiger partial charge is 0.261 e. The van der Waals surface area contributed by atoms with Crippen LogP contribution in [0, 0.1) is 13.8 Å². The van der Waals surface area contributed by atoms with Gasteiger partial charge in [0.2, 0.25) is 5.13 Å². The molecule has 1 aliphatic carbocycles. The maximum atomic E-state index is 12.8. The first-order valence-electron chi connectivity index (χ1n) is 9.17. The summed E-state index contributed by atoms with van der Waals surface area (Å²) in [4.78, 5) is 12.7. The molecular formula is C20H20N4O3S2. The van der Waals surface area contributed by atoms with Gasteiger partial charge in [0.25, 0.3) is 15.9 Å². The molecule has 0 radical (unpaired) electrons. The van der Waals surface area contributed by atoms with E-state index in [1.54, 1.807) is 31.2 Å². The van der Waals surface area contributed by atoms with E-state index in [-0.39, 0.29) is 10.5 Å². The maximum Gasteiger partial charge on any atom is 0.261 e. The van der Waals surface area contributed by atoms with Gasteiger partial charge in [-0.1, -0.05) is 29.5 Å². The van der Waals surface area contributed by atoms with Crippen LogP contribution in [0.5, 0.6) is 0 Å². The first-order valence-corrected chi connectivity index (χ1v) is 11.5. The summed E-state index contributed by atoms with van der Waals surface area (Å²) in [5.74, 6) is 0.0506. The topological polar surface area (TPSA) is 101 Å². The van der Waals surface area contributed by atoms with Crippen LogP contribution in [-0.4, -0.2) is 24.5 Å². The Bertz CT molecular complexity index is 1180. The zero-order valence-electron chi connectivity index (χ0n) is 16.0. The summed E-state index contributed by atoms with van der Waals surface area (Å²) in [7, 11) is -3.83. The van der Waals surface area contributed by atoms with Gasteiger partial charge >= 0.3 is 0 Å². The fourth-order valence-electron chi connectivity index (χ4n) is 2.88. The first-order chi connectivity index (χ1) is 13.8. The second kappa shape index (κ2) is 7.57. The molecule has 1 aliphatic rings. The molecule has 0 unspecified atom stereocenters. The molecule has 3 aromatic rings. The number of nitrogens with zero attached hydrogens (tertiary/aromatic N) is 2. The van der Waals surface area contributed by atoms with Crippen molar-refractivity contribution in [2.45, 2.75) is 37.5 Å². The van der Waals surface area contributed by atoms with Crippen molar-refractivity contribution in [1.82, 2.24) is 10.2 Å². The molecule has 0 atom stereocenters. The zero-order chi connectivity index (χ0) is 20.6. The molecule has 1 heterocycles. The maximum absolute atomic E-state index is 12.8. The van der Waals surface area contributed by atoms with Gasteiger partial charge in [-0.15, -0.1) is 10.2 Å². The second-order valence-corrected chi connectivity index (χ2v) is 9.82. The van der Waals surface area contributed by atoms with E-state index in [1.165, 1.54) is 23.5 Å². The summed E-state index contributed by atoms with van der Waals surface area (Å²) in [6.45, 7) is 3.64. The van der Waals surface area contributed by atoms with Crippen molar-refractivity contribution >= 4 is 38.1 Å². The second-order valence-electron chi connectivity index (χ2n) is 7.13. The fraction of sp³-hybridized carbons (Fsp3) is 0.250. The molecule has 0 saturated heterocycles. The number of aryl methyl sites for hydroxylation is 2. The summed E-state index contributed by atoms with van der Waals surface area (Å²) < 4.78 is 28.1. The van der Waals surface area contributed by atoms with Crippen LogP contribution in [0.1, 0.15) is 45.3 Å². The molecule has 29 heavy (non-hydrogen) atoms. The molecule has 0 aliphatic heterocycles. The number of hydrogen-bond acceptors (Lipinski definition) is 6. The van der Waals surface area contributed by atoms with Crippen LogP contribution >= 0.6 is 11.3 Å². The molecule has 150 valence electrons. The van der Waals surface area contributed by atoms with E-state index in [9.17, 15) is 13.2 Å². The summed E-state index contributed by atoms with van der Waals surface area (Å²) >= 11 is 1.36. The van der Waals surface area contributed by atoms with Gasteiger partial charge in [0.05, 0.1) is 4.90 Å². The number of amides is 1. The highest BCUT2D eigenvalue weighted by Crippen LogP contribution is 2.42. The van der Waals surface area contributed by atoms with Gasteiger partial charge in [0.1, 0.15) is 5.01 Å². The number of nitrogens with one attached hydrogen (secondary N) is 2. The predicted molar refractivity (Wildman–Crippen MR) is 113 cm³/mol. The van der Waals surface area contributed by atoms with Crippen LogP contribution in [0.2, 0.25) is 0 Å². The van der Waals surface area contributed by atoms with Crippen LogP contribution < -0.4 is 10.0 Å². The highest BCUT2D eigenvalue weighted by atomic mass is 32.2. The molecule has 0 bridgehead atoms. The van der Waals surface area contributed by atoms with E-state index in [0.29, 0.717) is 22.3 Å². The monoisotopic (exact) mass is 428 g/mol. The highest BCUT2D eigenvalue weighted by Gasteiger charge is 2.28. The minimum atomic E-state index is -3.83. The van der Waals surface area contributed by atoms with Crippen LogP contribution in [-0.2, 0) is 10.0 Å². The number of carbonyl (C=O) groups is 1. The molecule has 0 spiro atoms. The van der Waals surface area contributed by atoms with E-state index < -0.39 is 15.9 Å². The lowest BCUT2D eigenvalue weighted by atomic mass is 10.1. The van der Waals surface area contributed by atoms with Crippen molar-refractivity contribution in [3.8, 4) is 0 Å². The highest BCUT2D eigenvalue weighted by molar-refractivity contribution is 7.92. The van der Waals surface area contributed by atoms with Crippen molar-refractivity contribution in [2.24, 2.45) is 0 Å². The summed E-state index contributed by atoms with van der Waals surface area (Å²) in [5, 5.41) is 12.2. The summed E-state index contributed by atoms with van der Waals surface area (Å²) in [6, 6.07) is 11.6. The lowest BCUT2D eigenvalue weighted by Crippen LogP contribution is -2.17. The van der Waals surface area contributed by atoms with Crippen molar-refractivity contribution < 1.29 is 13.2 Å². The Labute approximate surface area is 173 Å². The fourth-order valence-corrected chi connectivity index (χ4v) is 4.86. The lowest BCUT2D eigenvalue weighted by molar-refractivity contribution is 0.102. The van der Waals surface area contributed by atoms with E-state index >= 15 is 0 Å². The van der Waals surface area contributed by atoms with Crippen molar-refractivity contribution in [1.29, 1.82) is 0 Å². The van der Waals surface area contributed by atoms with Gasteiger partial charge < -0.3 is 0 Å². The number of carbonyl (C=O) groups excluding carboxylic acids is 1. The lowest BCUT2D eigenvalue weighted by Gasteiger charge is -2.11. The van der Waals surface area contributed by atoms with Gasteiger partial charge in [-0.3, -0.25) is 14.8 Å². The Balaban J connectivity index is 1.56. The minimum absolute atomic E-state index is 0.0192. The van der Waals surface area contributed by atoms with Crippen LogP contribution in [0.25, 0.3) is 0 Å². The molecular weight excluding hydrogens is 408 g/mol. The van der Waals surface area contributed by atoms with E-state index in [0.717, 1.165) is 23.4 Å². The Hall–Kier alpha value is -2.78. The summed E-state index contributed by atoms with van der Waals surface area (Å²) in [5.41, 5.74) is 2.36.